The van der Waals surface area contributed by atoms with Gasteiger partial charge in [0, 0.05) is 19.3 Å². The predicted molar refractivity (Wildman–Crippen MR) is 54.3 cm³/mol. The van der Waals surface area contributed by atoms with Crippen molar-refractivity contribution in [3.63, 3.8) is 0 Å². The van der Waals surface area contributed by atoms with E-state index in [2.05, 4.69) is 10.4 Å². The van der Waals surface area contributed by atoms with Crippen LogP contribution in [0, 0.1) is 0 Å². The maximum Gasteiger partial charge on any atom is 0.178 e. The Hall–Kier alpha value is -0.590. The molecule has 0 spiro atoms. The molecule has 5 nitrogen and oxygen atoms in total. The highest BCUT2D eigenvalue weighted by Crippen LogP contribution is 2.16. The average molecular weight is 238 g/mol. The van der Waals surface area contributed by atoms with Gasteiger partial charge in [-0.05, 0) is 0 Å². The highest BCUT2D eigenvalue weighted by molar-refractivity contribution is 7.90. The molecule has 7 heteroatoms. The molecule has 2 rings (SSSR count). The van der Waals surface area contributed by atoms with Crippen molar-refractivity contribution in [1.29, 1.82) is 0 Å². The lowest BCUT2D eigenvalue weighted by atomic mass is 10.3. The fourth-order valence-electron chi connectivity index (χ4n) is 1.47. The van der Waals surface area contributed by atoms with Crippen molar-refractivity contribution in [2.45, 2.75) is 18.0 Å². The fraction of sp³-hybridized carbons (Fsp3) is 0.571. The zero-order valence-electron chi connectivity index (χ0n) is 7.73. The molecule has 1 N–H and O–H groups in total. The molecule has 0 atom stereocenters. The number of hydrogen-bond acceptors (Lipinski definition) is 4. The zero-order chi connectivity index (χ0) is 9.47. The van der Waals surface area contributed by atoms with Crippen LogP contribution >= 0.6 is 12.4 Å². The summed E-state index contributed by atoms with van der Waals surface area (Å²) in [6.45, 7) is 2.17. The number of hydrogen-bond donors (Lipinski definition) is 1. The molecule has 0 aromatic carbocycles. The minimum Gasteiger partial charge on any atom is -0.309 e. The molecular weight excluding hydrogens is 226 g/mol. The van der Waals surface area contributed by atoms with E-state index in [1.807, 2.05) is 0 Å². The molecule has 0 amide bonds. The van der Waals surface area contributed by atoms with Crippen LogP contribution in [0.25, 0.3) is 0 Å². The molecule has 0 fully saturated rings. The third-order valence-electron chi connectivity index (χ3n) is 2.10. The van der Waals surface area contributed by atoms with E-state index in [9.17, 15) is 8.42 Å². The maximum absolute atomic E-state index is 11.3. The molecule has 0 radical (unpaired) electrons. The van der Waals surface area contributed by atoms with Gasteiger partial charge in [-0.2, -0.15) is 5.10 Å². The van der Waals surface area contributed by atoms with Gasteiger partial charge in [-0.3, -0.25) is 4.68 Å². The van der Waals surface area contributed by atoms with Gasteiger partial charge in [-0.25, -0.2) is 8.42 Å². The number of fused-ring (bicyclic) bond motifs is 1. The van der Waals surface area contributed by atoms with Crippen LogP contribution in [0.5, 0.6) is 0 Å². The molecule has 0 saturated carbocycles. The molecule has 14 heavy (non-hydrogen) atoms. The van der Waals surface area contributed by atoms with Crippen molar-refractivity contribution < 1.29 is 8.42 Å². The van der Waals surface area contributed by atoms with Gasteiger partial charge < -0.3 is 5.32 Å². The fourth-order valence-corrected chi connectivity index (χ4v) is 2.31. The van der Waals surface area contributed by atoms with Crippen LogP contribution < -0.4 is 5.32 Å². The molecule has 1 aromatic rings. The summed E-state index contributed by atoms with van der Waals surface area (Å²) in [5.41, 5.74) is 0.772. The Balaban J connectivity index is 0.000000980. The highest BCUT2D eigenvalue weighted by atomic mass is 35.5. The topological polar surface area (TPSA) is 64.0 Å². The Morgan fingerprint density at radius 1 is 1.57 bits per heavy atom. The van der Waals surface area contributed by atoms with Crippen molar-refractivity contribution >= 4 is 22.2 Å². The zero-order valence-corrected chi connectivity index (χ0v) is 9.36. The standard InChI is InChI=1S/C7H11N3O2S.ClH/c1-13(11,12)7-5-9-10-3-2-8-4-6(7)10;/h5,8H,2-4H2,1H3;1H. The van der Waals surface area contributed by atoms with Crippen molar-refractivity contribution in [3.05, 3.63) is 11.9 Å². The van der Waals surface area contributed by atoms with Gasteiger partial charge in [0.1, 0.15) is 4.90 Å². The molecule has 2 heterocycles. The summed E-state index contributed by atoms with van der Waals surface area (Å²) in [5.74, 6) is 0. The first-order chi connectivity index (χ1) is 6.09. The van der Waals surface area contributed by atoms with Crippen LogP contribution in [-0.4, -0.2) is 31.0 Å². The summed E-state index contributed by atoms with van der Waals surface area (Å²) < 4.78 is 24.3. The van der Waals surface area contributed by atoms with E-state index in [1.165, 1.54) is 12.5 Å². The lowest BCUT2D eigenvalue weighted by molar-refractivity contribution is 0.470. The van der Waals surface area contributed by atoms with Crippen molar-refractivity contribution in [1.82, 2.24) is 15.1 Å². The quantitative estimate of drug-likeness (QED) is 0.736. The van der Waals surface area contributed by atoms with Crippen molar-refractivity contribution in [2.24, 2.45) is 0 Å². The van der Waals surface area contributed by atoms with Gasteiger partial charge in [0.05, 0.1) is 18.4 Å². The van der Waals surface area contributed by atoms with E-state index < -0.39 is 9.84 Å². The minimum atomic E-state index is -3.12. The van der Waals surface area contributed by atoms with Crippen molar-refractivity contribution in [2.75, 3.05) is 12.8 Å². The summed E-state index contributed by atoms with van der Waals surface area (Å²) in [4.78, 5) is 0.347. The molecule has 80 valence electrons. The largest absolute Gasteiger partial charge is 0.309 e. The second kappa shape index (κ2) is 3.88. The summed E-state index contributed by atoms with van der Waals surface area (Å²) in [6.07, 6.45) is 2.64. The Morgan fingerprint density at radius 3 is 2.93 bits per heavy atom. The number of halogens is 1. The first-order valence-corrected chi connectivity index (χ1v) is 5.93. The number of aromatic nitrogens is 2. The van der Waals surface area contributed by atoms with Gasteiger partial charge >= 0.3 is 0 Å². The summed E-state index contributed by atoms with van der Waals surface area (Å²) in [6, 6.07) is 0. The molecular formula is C7H12ClN3O2S. The van der Waals surface area contributed by atoms with Gasteiger partial charge in [0.15, 0.2) is 9.84 Å². The first kappa shape index (κ1) is 11.5. The Kier molecular flexibility index (Phi) is 3.18. The maximum atomic E-state index is 11.3. The van der Waals surface area contributed by atoms with E-state index in [0.29, 0.717) is 11.4 Å². The van der Waals surface area contributed by atoms with Crippen LogP contribution in [0.2, 0.25) is 0 Å². The lowest BCUT2D eigenvalue weighted by Gasteiger charge is -2.15. The van der Waals surface area contributed by atoms with Crippen LogP contribution in [0.4, 0.5) is 0 Å². The predicted octanol–water partition coefficient (Wildman–Crippen LogP) is -0.188. The second-order valence-electron chi connectivity index (χ2n) is 3.13. The van der Waals surface area contributed by atoms with E-state index in [0.717, 1.165) is 18.8 Å². The molecule has 0 bridgehead atoms. The normalized spacial score (nSPS) is 15.8. The number of nitrogens with zero attached hydrogens (tertiary/aromatic N) is 2. The van der Waals surface area contributed by atoms with Crippen molar-refractivity contribution in [3.8, 4) is 0 Å². The minimum absolute atomic E-state index is 0. The molecule has 0 aliphatic carbocycles. The van der Waals surface area contributed by atoms with Gasteiger partial charge in [-0.15, -0.1) is 12.4 Å². The molecule has 0 saturated heterocycles. The Labute approximate surface area is 88.8 Å². The van der Waals surface area contributed by atoms with Crippen LogP contribution in [0.3, 0.4) is 0 Å². The van der Waals surface area contributed by atoms with E-state index in [4.69, 9.17) is 0 Å². The van der Waals surface area contributed by atoms with Crippen LogP contribution in [0.1, 0.15) is 5.69 Å². The van der Waals surface area contributed by atoms with Gasteiger partial charge in [-0.1, -0.05) is 0 Å². The SMILES string of the molecule is CS(=O)(=O)c1cnn2c1CNCC2.Cl. The Bertz CT molecular complexity index is 426. The first-order valence-electron chi connectivity index (χ1n) is 4.04. The van der Waals surface area contributed by atoms with E-state index in [1.54, 1.807) is 4.68 Å². The van der Waals surface area contributed by atoms with E-state index in [-0.39, 0.29) is 12.4 Å². The third kappa shape index (κ3) is 1.92. The average Bonchev–Trinajstić information content (AvgIpc) is 2.45. The molecule has 0 unspecified atom stereocenters. The third-order valence-corrected chi connectivity index (χ3v) is 3.24. The number of rotatable bonds is 1. The molecule has 1 aromatic heterocycles. The number of sulfone groups is 1. The molecule has 1 aliphatic heterocycles. The Morgan fingerprint density at radius 2 is 2.29 bits per heavy atom. The summed E-state index contributed by atoms with van der Waals surface area (Å²) in [7, 11) is -3.12. The van der Waals surface area contributed by atoms with E-state index >= 15 is 0 Å². The van der Waals surface area contributed by atoms with Gasteiger partial charge in [0.25, 0.3) is 0 Å². The number of nitrogens with one attached hydrogen (secondary N) is 1. The van der Waals surface area contributed by atoms with Crippen LogP contribution in [-0.2, 0) is 22.9 Å². The monoisotopic (exact) mass is 237 g/mol. The summed E-state index contributed by atoms with van der Waals surface area (Å²) >= 11 is 0. The van der Waals surface area contributed by atoms with Crippen LogP contribution in [0.15, 0.2) is 11.1 Å². The summed E-state index contributed by atoms with van der Waals surface area (Å²) in [5, 5.41) is 7.13. The highest BCUT2D eigenvalue weighted by Gasteiger charge is 2.20. The lowest BCUT2D eigenvalue weighted by Crippen LogP contribution is -2.29. The molecule has 1 aliphatic rings. The second-order valence-corrected chi connectivity index (χ2v) is 5.11. The van der Waals surface area contributed by atoms with Gasteiger partial charge in [0.2, 0.25) is 0 Å². The smallest absolute Gasteiger partial charge is 0.178 e.